The van der Waals surface area contributed by atoms with E-state index < -0.39 is 10.0 Å². The summed E-state index contributed by atoms with van der Waals surface area (Å²) in [6.07, 6.45) is 3.39. The van der Waals surface area contributed by atoms with Crippen LogP contribution in [0.2, 0.25) is 0 Å². The van der Waals surface area contributed by atoms with E-state index in [9.17, 15) is 18.0 Å². The summed E-state index contributed by atoms with van der Waals surface area (Å²) in [5, 5.41) is 8.05. The molecule has 0 spiro atoms. The van der Waals surface area contributed by atoms with E-state index in [0.717, 1.165) is 20.6 Å². The van der Waals surface area contributed by atoms with Crippen molar-refractivity contribution in [2.45, 2.75) is 11.4 Å². The first kappa shape index (κ1) is 21.1. The van der Waals surface area contributed by atoms with Crippen molar-refractivity contribution in [2.75, 3.05) is 19.6 Å². The van der Waals surface area contributed by atoms with Crippen LogP contribution in [0.15, 0.2) is 59.1 Å². The van der Waals surface area contributed by atoms with E-state index in [1.54, 1.807) is 12.4 Å². The molecule has 9 nitrogen and oxygen atoms in total. The topological polar surface area (TPSA) is 121 Å². The minimum absolute atomic E-state index is 0.0423. The van der Waals surface area contributed by atoms with Gasteiger partial charge in [-0.1, -0.05) is 0 Å². The molecule has 11 heteroatoms. The van der Waals surface area contributed by atoms with Gasteiger partial charge in [0, 0.05) is 42.0 Å². The monoisotopic (exact) mass is 457 g/mol. The fourth-order valence-electron chi connectivity index (χ4n) is 3.05. The average molecular weight is 458 g/mol. The summed E-state index contributed by atoms with van der Waals surface area (Å²) in [7, 11) is -3.79. The molecule has 0 saturated carbocycles. The number of carbonyl (C=O) groups is 2. The second-order valence-electron chi connectivity index (χ2n) is 6.76. The van der Waals surface area contributed by atoms with Gasteiger partial charge in [0.2, 0.25) is 15.9 Å². The Morgan fingerprint density at radius 1 is 1.16 bits per heavy atom. The van der Waals surface area contributed by atoms with Crippen molar-refractivity contribution >= 4 is 33.2 Å². The van der Waals surface area contributed by atoms with E-state index in [1.165, 1.54) is 35.6 Å². The first-order chi connectivity index (χ1) is 14.9. The number of amides is 2. The number of thiazole rings is 1. The van der Waals surface area contributed by atoms with Crippen LogP contribution in [0.5, 0.6) is 0 Å². The number of nitrogens with one attached hydrogen (secondary N) is 2. The molecular weight excluding hydrogens is 438 g/mol. The van der Waals surface area contributed by atoms with Crippen molar-refractivity contribution in [3.05, 3.63) is 64.7 Å². The number of hydrogen-bond acceptors (Lipinski definition) is 7. The summed E-state index contributed by atoms with van der Waals surface area (Å²) in [6, 6.07) is 9.39. The first-order valence-electron chi connectivity index (χ1n) is 9.43. The summed E-state index contributed by atoms with van der Waals surface area (Å²) < 4.78 is 26.5. The van der Waals surface area contributed by atoms with E-state index in [0.29, 0.717) is 5.56 Å². The molecule has 0 unspecified atom stereocenters. The van der Waals surface area contributed by atoms with Crippen molar-refractivity contribution in [2.24, 2.45) is 0 Å². The molecule has 2 aromatic heterocycles. The molecule has 0 radical (unpaired) electrons. The second-order valence-corrected chi connectivity index (χ2v) is 9.64. The lowest BCUT2D eigenvalue weighted by Gasteiger charge is -2.25. The maximum atomic E-state index is 12.7. The minimum atomic E-state index is -3.79. The smallest absolute Gasteiger partial charge is 0.251 e. The van der Waals surface area contributed by atoms with Crippen LogP contribution in [0.25, 0.3) is 11.3 Å². The third kappa shape index (κ3) is 4.79. The number of pyridine rings is 1. The van der Waals surface area contributed by atoms with Crippen LogP contribution < -0.4 is 10.6 Å². The summed E-state index contributed by atoms with van der Waals surface area (Å²) in [6.45, 7) is 0.543. The number of benzene rings is 1. The summed E-state index contributed by atoms with van der Waals surface area (Å²) in [5.41, 5.74) is 2.10. The molecule has 1 aliphatic rings. The number of piperazine rings is 1. The van der Waals surface area contributed by atoms with Gasteiger partial charge in [-0.05, 0) is 36.4 Å². The largest absolute Gasteiger partial charge is 0.354 e. The van der Waals surface area contributed by atoms with Crippen LogP contribution >= 0.6 is 11.3 Å². The van der Waals surface area contributed by atoms with Gasteiger partial charge in [-0.3, -0.25) is 14.6 Å². The zero-order chi connectivity index (χ0) is 21.8. The maximum Gasteiger partial charge on any atom is 0.251 e. The lowest BCUT2D eigenvalue weighted by Crippen LogP contribution is -2.49. The maximum absolute atomic E-state index is 12.7. The van der Waals surface area contributed by atoms with Crippen LogP contribution in [-0.4, -0.2) is 54.1 Å². The Bertz CT molecular complexity index is 1190. The molecule has 1 saturated heterocycles. The van der Waals surface area contributed by atoms with Gasteiger partial charge in [-0.15, -0.1) is 11.3 Å². The molecule has 0 aliphatic carbocycles. The van der Waals surface area contributed by atoms with Gasteiger partial charge in [-0.25, -0.2) is 13.4 Å². The molecule has 2 amide bonds. The normalized spacial score (nSPS) is 14.8. The van der Waals surface area contributed by atoms with Crippen molar-refractivity contribution in [3.8, 4) is 11.3 Å². The molecular formula is C20H19N5O4S2. The fourth-order valence-corrected chi connectivity index (χ4v) is 5.19. The number of nitrogens with zero attached hydrogens (tertiary/aromatic N) is 3. The summed E-state index contributed by atoms with van der Waals surface area (Å²) >= 11 is 1.44. The molecule has 31 heavy (non-hydrogen) atoms. The van der Waals surface area contributed by atoms with Crippen LogP contribution in [0.3, 0.4) is 0 Å². The molecule has 1 aliphatic heterocycles. The average Bonchev–Trinajstić information content (AvgIpc) is 3.27. The van der Waals surface area contributed by atoms with Gasteiger partial charge in [0.15, 0.2) is 0 Å². The van der Waals surface area contributed by atoms with Crippen LogP contribution in [0.1, 0.15) is 15.4 Å². The SMILES string of the molecule is O=C1CN(S(=O)(=O)c2ccc(C(=O)NCc3nc(-c4ccncc4)cs3)cc2)CCN1. The van der Waals surface area contributed by atoms with Crippen LogP contribution in [0, 0.1) is 0 Å². The molecule has 0 atom stereocenters. The number of hydrogen-bond donors (Lipinski definition) is 2. The summed E-state index contributed by atoms with van der Waals surface area (Å²) in [4.78, 5) is 32.5. The van der Waals surface area contributed by atoms with E-state index >= 15 is 0 Å². The summed E-state index contributed by atoms with van der Waals surface area (Å²) in [5.74, 6) is -0.665. The Morgan fingerprint density at radius 3 is 2.61 bits per heavy atom. The van der Waals surface area contributed by atoms with Crippen LogP contribution in [-0.2, 0) is 21.4 Å². The predicted octanol–water partition coefficient (Wildman–Crippen LogP) is 1.26. The molecule has 2 N–H and O–H groups in total. The number of carbonyl (C=O) groups excluding carboxylic acids is 2. The fraction of sp³-hybridized carbons (Fsp3) is 0.200. The van der Waals surface area contributed by atoms with Crippen molar-refractivity contribution in [3.63, 3.8) is 0 Å². The lowest BCUT2D eigenvalue weighted by molar-refractivity contribution is -0.122. The number of sulfonamides is 1. The zero-order valence-corrected chi connectivity index (χ0v) is 17.9. The van der Waals surface area contributed by atoms with Crippen LogP contribution in [0.4, 0.5) is 0 Å². The zero-order valence-electron chi connectivity index (χ0n) is 16.3. The highest BCUT2D eigenvalue weighted by molar-refractivity contribution is 7.89. The predicted molar refractivity (Wildman–Crippen MR) is 115 cm³/mol. The molecule has 3 aromatic rings. The highest BCUT2D eigenvalue weighted by atomic mass is 32.2. The third-order valence-corrected chi connectivity index (χ3v) is 7.39. The Labute approximate surface area is 183 Å². The second kappa shape index (κ2) is 8.92. The van der Waals surface area contributed by atoms with Gasteiger partial charge in [-0.2, -0.15) is 4.31 Å². The van der Waals surface area contributed by atoms with Gasteiger partial charge >= 0.3 is 0 Å². The highest BCUT2D eigenvalue weighted by Crippen LogP contribution is 2.21. The Kier molecular flexibility index (Phi) is 6.07. The Balaban J connectivity index is 1.39. The molecule has 3 heterocycles. The molecule has 0 bridgehead atoms. The molecule has 1 aromatic carbocycles. The van der Waals surface area contributed by atoms with Gasteiger partial charge in [0.25, 0.3) is 5.91 Å². The molecule has 4 rings (SSSR count). The van der Waals surface area contributed by atoms with Gasteiger partial charge in [0.1, 0.15) is 5.01 Å². The lowest BCUT2D eigenvalue weighted by atomic mass is 10.2. The standard InChI is InChI=1S/C20H19N5O4S2/c26-18-12-25(10-9-22-18)31(28,29)16-3-1-15(2-4-16)20(27)23-11-19-24-17(13-30-19)14-5-7-21-8-6-14/h1-8,13H,9-12H2,(H,22,26)(H,23,27). The highest BCUT2D eigenvalue weighted by Gasteiger charge is 2.29. The quantitative estimate of drug-likeness (QED) is 0.575. The van der Waals surface area contributed by atoms with E-state index in [-0.39, 0.29) is 42.9 Å². The molecule has 160 valence electrons. The van der Waals surface area contributed by atoms with Gasteiger partial charge in [0.05, 0.1) is 23.7 Å². The van der Waals surface area contributed by atoms with Crippen molar-refractivity contribution in [1.82, 2.24) is 24.9 Å². The minimum Gasteiger partial charge on any atom is -0.354 e. The molecule has 1 fully saturated rings. The Morgan fingerprint density at radius 2 is 1.90 bits per heavy atom. The van der Waals surface area contributed by atoms with E-state index in [1.807, 2.05) is 17.5 Å². The number of aromatic nitrogens is 2. The van der Waals surface area contributed by atoms with Crippen molar-refractivity contribution in [1.29, 1.82) is 0 Å². The third-order valence-electron chi connectivity index (χ3n) is 4.69. The van der Waals surface area contributed by atoms with Crippen molar-refractivity contribution < 1.29 is 18.0 Å². The van der Waals surface area contributed by atoms with E-state index in [2.05, 4.69) is 20.6 Å². The first-order valence-corrected chi connectivity index (χ1v) is 11.8. The van der Waals surface area contributed by atoms with Gasteiger partial charge < -0.3 is 10.6 Å². The Hall–Kier alpha value is -3.15. The number of rotatable bonds is 6. The van der Waals surface area contributed by atoms with E-state index in [4.69, 9.17) is 0 Å².